The van der Waals surface area contributed by atoms with Crippen molar-refractivity contribution < 1.29 is 9.47 Å². The van der Waals surface area contributed by atoms with Gasteiger partial charge in [0.05, 0.1) is 25.4 Å². The lowest BCUT2D eigenvalue weighted by atomic mass is 10.1. The molecular weight excluding hydrogens is 316 g/mol. The van der Waals surface area contributed by atoms with Crippen LogP contribution in [0.25, 0.3) is 10.4 Å². The lowest BCUT2D eigenvalue weighted by Gasteiger charge is -2.29. The molecule has 0 amide bonds. The number of aryl methyl sites for hydroxylation is 1. The standard InChI is InChI=1S/C14H20N6O4/c1-9-7-20(14(22)16-13(9)21)12-6-10(17-18-15)11(24-12)8-19-2-4-23-5-3-19/h7,10-12H,2-6,8H2,1H3,(H,16,21,22)/t10-,11+,12+/m0/s1. The van der Waals surface area contributed by atoms with Gasteiger partial charge in [0.25, 0.3) is 5.56 Å². The number of hydrogen-bond acceptors (Lipinski definition) is 6. The second-order valence-corrected chi connectivity index (χ2v) is 6.03. The van der Waals surface area contributed by atoms with Crippen molar-refractivity contribution in [2.45, 2.75) is 31.7 Å². The molecule has 2 aliphatic rings. The summed E-state index contributed by atoms with van der Waals surface area (Å²) in [5.41, 5.74) is 8.28. The van der Waals surface area contributed by atoms with E-state index in [0.717, 1.165) is 13.1 Å². The van der Waals surface area contributed by atoms with Gasteiger partial charge in [-0.15, -0.1) is 0 Å². The maximum atomic E-state index is 12.0. The third kappa shape index (κ3) is 3.51. The Kier molecular flexibility index (Phi) is 5.00. The first kappa shape index (κ1) is 16.7. The van der Waals surface area contributed by atoms with E-state index in [1.54, 1.807) is 6.92 Å². The number of aromatic nitrogens is 2. The summed E-state index contributed by atoms with van der Waals surface area (Å²) in [6.45, 7) is 5.17. The number of H-pyrrole nitrogens is 1. The number of aromatic amines is 1. The van der Waals surface area contributed by atoms with Gasteiger partial charge in [-0.3, -0.25) is 19.2 Å². The van der Waals surface area contributed by atoms with Gasteiger partial charge in [-0.2, -0.15) is 0 Å². The molecular formula is C14H20N6O4. The molecule has 2 fully saturated rings. The van der Waals surface area contributed by atoms with Crippen molar-refractivity contribution >= 4 is 0 Å². The van der Waals surface area contributed by atoms with E-state index < -0.39 is 17.5 Å². The topological polar surface area (TPSA) is 125 Å². The van der Waals surface area contributed by atoms with Crippen LogP contribution in [-0.2, 0) is 9.47 Å². The average molecular weight is 336 g/mol. The van der Waals surface area contributed by atoms with Gasteiger partial charge in [0, 0.05) is 42.7 Å². The molecule has 1 aromatic rings. The molecule has 0 aliphatic carbocycles. The van der Waals surface area contributed by atoms with Gasteiger partial charge in [-0.05, 0) is 12.5 Å². The highest BCUT2D eigenvalue weighted by atomic mass is 16.5. The van der Waals surface area contributed by atoms with Crippen molar-refractivity contribution in [2.75, 3.05) is 32.8 Å². The molecule has 24 heavy (non-hydrogen) atoms. The largest absolute Gasteiger partial charge is 0.379 e. The summed E-state index contributed by atoms with van der Waals surface area (Å²) in [4.78, 5) is 30.9. The van der Waals surface area contributed by atoms with Gasteiger partial charge < -0.3 is 9.47 Å². The Labute approximate surface area is 137 Å². The van der Waals surface area contributed by atoms with Crippen LogP contribution in [0, 0.1) is 6.92 Å². The fourth-order valence-corrected chi connectivity index (χ4v) is 3.08. The Hall–Kier alpha value is -2.13. The van der Waals surface area contributed by atoms with Crippen LogP contribution in [0.3, 0.4) is 0 Å². The zero-order chi connectivity index (χ0) is 17.1. The minimum atomic E-state index is -0.561. The molecule has 1 aromatic heterocycles. The van der Waals surface area contributed by atoms with Crippen molar-refractivity contribution in [3.05, 3.63) is 43.0 Å². The van der Waals surface area contributed by atoms with E-state index in [1.807, 2.05) is 0 Å². The Balaban J connectivity index is 1.79. The van der Waals surface area contributed by atoms with Crippen LogP contribution in [0.1, 0.15) is 18.2 Å². The Morgan fingerprint density at radius 2 is 2.17 bits per heavy atom. The van der Waals surface area contributed by atoms with Crippen LogP contribution < -0.4 is 11.2 Å². The summed E-state index contributed by atoms with van der Waals surface area (Å²) in [7, 11) is 0. The third-order valence-corrected chi connectivity index (χ3v) is 4.40. The number of nitrogens with zero attached hydrogens (tertiary/aromatic N) is 5. The lowest BCUT2D eigenvalue weighted by Crippen LogP contribution is -2.43. The van der Waals surface area contributed by atoms with Gasteiger partial charge in [0.15, 0.2) is 0 Å². The molecule has 0 radical (unpaired) electrons. The number of nitrogens with one attached hydrogen (secondary N) is 1. The summed E-state index contributed by atoms with van der Waals surface area (Å²) >= 11 is 0. The van der Waals surface area contributed by atoms with E-state index in [9.17, 15) is 9.59 Å². The number of ether oxygens (including phenoxy) is 2. The fraction of sp³-hybridized carbons (Fsp3) is 0.714. The molecule has 130 valence electrons. The molecule has 0 saturated carbocycles. The fourth-order valence-electron chi connectivity index (χ4n) is 3.08. The highest BCUT2D eigenvalue weighted by molar-refractivity contribution is 5.02. The average Bonchev–Trinajstić information content (AvgIpc) is 2.95. The summed E-state index contributed by atoms with van der Waals surface area (Å²) in [6, 6.07) is -0.359. The van der Waals surface area contributed by atoms with Crippen LogP contribution >= 0.6 is 0 Å². The minimum absolute atomic E-state index is 0.303. The molecule has 2 saturated heterocycles. The molecule has 3 atom stereocenters. The Morgan fingerprint density at radius 1 is 1.42 bits per heavy atom. The van der Waals surface area contributed by atoms with E-state index in [4.69, 9.17) is 15.0 Å². The Morgan fingerprint density at radius 3 is 2.88 bits per heavy atom. The first-order valence-corrected chi connectivity index (χ1v) is 7.90. The molecule has 3 rings (SSSR count). The monoisotopic (exact) mass is 336 g/mol. The quantitative estimate of drug-likeness (QED) is 0.476. The normalized spacial score (nSPS) is 27.8. The lowest BCUT2D eigenvalue weighted by molar-refractivity contribution is -0.0359. The van der Waals surface area contributed by atoms with Crippen molar-refractivity contribution in [1.82, 2.24) is 14.5 Å². The second-order valence-electron chi connectivity index (χ2n) is 6.03. The van der Waals surface area contributed by atoms with E-state index >= 15 is 0 Å². The van der Waals surface area contributed by atoms with E-state index in [-0.39, 0.29) is 12.1 Å². The molecule has 0 aromatic carbocycles. The molecule has 10 nitrogen and oxygen atoms in total. The third-order valence-electron chi connectivity index (χ3n) is 4.40. The molecule has 3 heterocycles. The van der Waals surface area contributed by atoms with Crippen LogP contribution in [0.5, 0.6) is 0 Å². The van der Waals surface area contributed by atoms with Crippen molar-refractivity contribution in [1.29, 1.82) is 0 Å². The first-order chi connectivity index (χ1) is 11.6. The molecule has 1 N–H and O–H groups in total. The Bertz CT molecular complexity index is 746. The van der Waals surface area contributed by atoms with Crippen molar-refractivity contribution in [3.63, 3.8) is 0 Å². The van der Waals surface area contributed by atoms with E-state index in [0.29, 0.717) is 31.7 Å². The molecule has 0 unspecified atom stereocenters. The zero-order valence-electron chi connectivity index (χ0n) is 13.4. The van der Waals surface area contributed by atoms with Crippen LogP contribution in [0.15, 0.2) is 20.9 Å². The van der Waals surface area contributed by atoms with Gasteiger partial charge in [-0.25, -0.2) is 4.79 Å². The summed E-state index contributed by atoms with van der Waals surface area (Å²) < 4.78 is 12.7. The first-order valence-electron chi connectivity index (χ1n) is 7.90. The summed E-state index contributed by atoms with van der Waals surface area (Å²) in [6.07, 6.45) is 1.01. The molecule has 2 aliphatic heterocycles. The molecule has 0 spiro atoms. The summed E-state index contributed by atoms with van der Waals surface area (Å²) in [5, 5.41) is 3.83. The number of hydrogen-bond donors (Lipinski definition) is 1. The van der Waals surface area contributed by atoms with Crippen molar-refractivity contribution in [3.8, 4) is 0 Å². The SMILES string of the molecule is Cc1cn([C@H]2C[C@H](N=[N+]=[N-])[C@@H](CN3CCOCC3)O2)c(=O)[nH]c1=O. The van der Waals surface area contributed by atoms with Crippen molar-refractivity contribution in [2.24, 2.45) is 5.11 Å². The highest BCUT2D eigenvalue weighted by Gasteiger charge is 2.37. The maximum Gasteiger partial charge on any atom is 0.330 e. The number of morpholine rings is 1. The van der Waals surface area contributed by atoms with Gasteiger partial charge in [0.2, 0.25) is 0 Å². The maximum absolute atomic E-state index is 12.0. The van der Waals surface area contributed by atoms with Crippen LogP contribution in [0.4, 0.5) is 0 Å². The predicted molar refractivity (Wildman–Crippen MR) is 84.8 cm³/mol. The number of rotatable bonds is 4. The van der Waals surface area contributed by atoms with Gasteiger partial charge in [0.1, 0.15) is 6.23 Å². The zero-order valence-corrected chi connectivity index (χ0v) is 13.4. The van der Waals surface area contributed by atoms with Gasteiger partial charge in [-0.1, -0.05) is 5.11 Å². The van der Waals surface area contributed by atoms with Crippen LogP contribution in [0.2, 0.25) is 0 Å². The van der Waals surface area contributed by atoms with E-state index in [2.05, 4.69) is 19.9 Å². The smallest absolute Gasteiger partial charge is 0.330 e. The minimum Gasteiger partial charge on any atom is -0.379 e. The summed E-state index contributed by atoms with van der Waals surface area (Å²) in [5.74, 6) is 0. The van der Waals surface area contributed by atoms with Crippen LogP contribution in [-0.4, -0.2) is 59.4 Å². The molecule has 0 bridgehead atoms. The second kappa shape index (κ2) is 7.18. The highest BCUT2D eigenvalue weighted by Crippen LogP contribution is 2.30. The predicted octanol–water partition coefficient (Wildman–Crippen LogP) is 0.144. The number of azide groups is 1. The molecule has 10 heteroatoms. The van der Waals surface area contributed by atoms with Gasteiger partial charge >= 0.3 is 5.69 Å². The van der Waals surface area contributed by atoms with E-state index in [1.165, 1.54) is 10.8 Å².